The minimum Gasteiger partial charge on any atom is -0.466 e. The Morgan fingerprint density at radius 3 is 0.953 bits per heavy atom. The third kappa shape index (κ3) is 50.3. The Balaban J connectivity index is 3.35. The summed E-state index contributed by atoms with van der Waals surface area (Å²) in [6.45, 7) is 4.96. The van der Waals surface area contributed by atoms with E-state index in [4.69, 9.17) is 4.74 Å². The van der Waals surface area contributed by atoms with E-state index in [1.54, 1.807) is 0 Å². The van der Waals surface area contributed by atoms with Gasteiger partial charge in [0.05, 0.1) is 25.4 Å². The lowest BCUT2D eigenvalue weighted by atomic mass is 10.0. The van der Waals surface area contributed by atoms with E-state index < -0.39 is 12.1 Å². The molecule has 0 rings (SSSR count). The van der Waals surface area contributed by atoms with Crippen molar-refractivity contribution in [2.24, 2.45) is 0 Å². The lowest BCUT2D eigenvalue weighted by molar-refractivity contribution is -0.143. The highest BCUT2D eigenvalue weighted by Crippen LogP contribution is 2.18. The summed E-state index contributed by atoms with van der Waals surface area (Å²) in [5.41, 5.74) is 0. The number of hydrogen-bond donors (Lipinski definition) is 3. The molecule has 0 aromatic rings. The topological polar surface area (TPSA) is 95.9 Å². The van der Waals surface area contributed by atoms with Gasteiger partial charge in [0.15, 0.2) is 0 Å². The third-order valence-electron chi connectivity index (χ3n) is 13.9. The molecular formula is C58H115NO5. The molecule has 0 fully saturated rings. The van der Waals surface area contributed by atoms with E-state index in [1.807, 2.05) is 0 Å². The molecule has 0 spiro atoms. The van der Waals surface area contributed by atoms with E-state index in [9.17, 15) is 19.8 Å². The number of aliphatic hydroxyl groups excluding tert-OH is 2. The number of unbranched alkanes of at least 4 members (excludes halogenated alkanes) is 44. The first-order chi connectivity index (χ1) is 31.5. The van der Waals surface area contributed by atoms with Gasteiger partial charge in [-0.25, -0.2) is 0 Å². The zero-order valence-electron chi connectivity index (χ0n) is 43.5. The van der Waals surface area contributed by atoms with Crippen LogP contribution >= 0.6 is 0 Å². The number of rotatable bonds is 55. The van der Waals surface area contributed by atoms with Gasteiger partial charge in [0.25, 0.3) is 0 Å². The monoisotopic (exact) mass is 906 g/mol. The number of carbonyl (C=O) groups excluding carboxylic acids is 2. The van der Waals surface area contributed by atoms with Crippen molar-refractivity contribution in [3.63, 3.8) is 0 Å². The minimum atomic E-state index is -0.665. The first-order valence-electron chi connectivity index (χ1n) is 29.3. The van der Waals surface area contributed by atoms with Crippen LogP contribution in [0.1, 0.15) is 335 Å². The molecule has 0 radical (unpaired) electrons. The zero-order chi connectivity index (χ0) is 46.5. The highest BCUT2D eigenvalue weighted by molar-refractivity contribution is 5.76. The van der Waals surface area contributed by atoms with Crippen molar-refractivity contribution >= 4 is 11.9 Å². The summed E-state index contributed by atoms with van der Waals surface area (Å²) in [6, 6.07) is -0.543. The second-order valence-electron chi connectivity index (χ2n) is 20.3. The number of amides is 1. The molecule has 1 amide bonds. The predicted octanol–water partition coefficient (Wildman–Crippen LogP) is 17.9. The molecule has 64 heavy (non-hydrogen) atoms. The number of ether oxygens (including phenoxy) is 1. The Bertz CT molecular complexity index is 913. The van der Waals surface area contributed by atoms with Gasteiger partial charge in [-0.05, 0) is 25.7 Å². The summed E-state index contributed by atoms with van der Waals surface area (Å²) in [4.78, 5) is 24.5. The molecule has 0 bridgehead atoms. The van der Waals surface area contributed by atoms with Crippen LogP contribution in [0.5, 0.6) is 0 Å². The van der Waals surface area contributed by atoms with E-state index in [2.05, 4.69) is 19.2 Å². The second kappa shape index (κ2) is 54.5. The zero-order valence-corrected chi connectivity index (χ0v) is 43.5. The maximum atomic E-state index is 12.4. The Labute approximate surface area is 400 Å². The average molecular weight is 907 g/mol. The number of aliphatic hydroxyl groups is 2. The molecule has 0 heterocycles. The molecule has 0 aliphatic heterocycles. The maximum absolute atomic E-state index is 12.4. The summed E-state index contributed by atoms with van der Waals surface area (Å²) in [5, 5.41) is 23.2. The molecule has 0 aromatic carbocycles. The number of hydrogen-bond acceptors (Lipinski definition) is 5. The average Bonchev–Trinajstić information content (AvgIpc) is 3.29. The van der Waals surface area contributed by atoms with Gasteiger partial charge in [-0.15, -0.1) is 0 Å². The summed E-state index contributed by atoms with van der Waals surface area (Å²) >= 11 is 0. The second-order valence-corrected chi connectivity index (χ2v) is 20.3. The van der Waals surface area contributed by atoms with Gasteiger partial charge in [0.1, 0.15) is 0 Å². The molecule has 0 aliphatic rings. The lowest BCUT2D eigenvalue weighted by Crippen LogP contribution is -2.45. The fraction of sp³-hybridized carbons (Fsp3) is 0.966. The Morgan fingerprint density at radius 1 is 0.375 bits per heavy atom. The van der Waals surface area contributed by atoms with Crippen LogP contribution in [0.2, 0.25) is 0 Å². The molecule has 0 aromatic heterocycles. The minimum absolute atomic E-state index is 0.0109. The van der Waals surface area contributed by atoms with E-state index in [1.165, 1.54) is 263 Å². The maximum Gasteiger partial charge on any atom is 0.305 e. The normalized spacial score (nSPS) is 12.5. The summed E-state index contributed by atoms with van der Waals surface area (Å²) in [7, 11) is 0. The first kappa shape index (κ1) is 62.9. The van der Waals surface area contributed by atoms with Crippen LogP contribution in [0.3, 0.4) is 0 Å². The van der Waals surface area contributed by atoms with Crippen LogP contribution in [0.25, 0.3) is 0 Å². The first-order valence-corrected chi connectivity index (χ1v) is 29.3. The third-order valence-corrected chi connectivity index (χ3v) is 13.9. The van der Waals surface area contributed by atoms with Gasteiger partial charge in [-0.1, -0.05) is 296 Å². The quantitative estimate of drug-likeness (QED) is 0.0417. The molecule has 2 atom stereocenters. The van der Waals surface area contributed by atoms with Crippen LogP contribution in [0.4, 0.5) is 0 Å². The van der Waals surface area contributed by atoms with Gasteiger partial charge in [0, 0.05) is 12.8 Å². The largest absolute Gasteiger partial charge is 0.466 e. The molecule has 0 saturated carbocycles. The fourth-order valence-corrected chi connectivity index (χ4v) is 9.41. The Morgan fingerprint density at radius 2 is 0.641 bits per heavy atom. The van der Waals surface area contributed by atoms with E-state index in [0.29, 0.717) is 25.9 Å². The smallest absolute Gasteiger partial charge is 0.305 e. The summed E-state index contributed by atoms with van der Waals surface area (Å²) < 4.78 is 5.50. The van der Waals surface area contributed by atoms with Crippen molar-refractivity contribution in [2.45, 2.75) is 347 Å². The fourth-order valence-electron chi connectivity index (χ4n) is 9.41. The molecule has 3 N–H and O–H groups in total. The SMILES string of the molecule is CCCCCCCCCCCCCCCCCCCCCC(=O)OCCCCCCCCCCCCCCCCCCCC(=O)NC(CO)C(O)CCCCCCCCCCCCC. The highest BCUT2D eigenvalue weighted by Gasteiger charge is 2.20. The number of carbonyl (C=O) groups is 2. The summed E-state index contributed by atoms with van der Waals surface area (Å²) in [5.74, 6) is -0.0284. The highest BCUT2D eigenvalue weighted by atomic mass is 16.5. The number of nitrogens with one attached hydrogen (secondary N) is 1. The van der Waals surface area contributed by atoms with Crippen LogP contribution in [0.15, 0.2) is 0 Å². The van der Waals surface area contributed by atoms with Crippen molar-refractivity contribution in [3.05, 3.63) is 0 Å². The van der Waals surface area contributed by atoms with Crippen LogP contribution in [-0.4, -0.2) is 47.4 Å². The number of esters is 1. The predicted molar refractivity (Wildman–Crippen MR) is 278 cm³/mol. The lowest BCUT2D eigenvalue weighted by Gasteiger charge is -2.22. The molecule has 0 aliphatic carbocycles. The van der Waals surface area contributed by atoms with Gasteiger partial charge < -0.3 is 20.3 Å². The molecule has 382 valence electrons. The van der Waals surface area contributed by atoms with E-state index in [0.717, 1.165) is 38.5 Å². The van der Waals surface area contributed by atoms with Crippen molar-refractivity contribution in [3.8, 4) is 0 Å². The van der Waals surface area contributed by atoms with E-state index >= 15 is 0 Å². The van der Waals surface area contributed by atoms with Crippen molar-refractivity contribution in [1.82, 2.24) is 5.32 Å². The molecule has 6 heteroatoms. The Kier molecular flexibility index (Phi) is 53.5. The molecule has 6 nitrogen and oxygen atoms in total. The van der Waals surface area contributed by atoms with Crippen molar-refractivity contribution in [1.29, 1.82) is 0 Å². The van der Waals surface area contributed by atoms with Gasteiger partial charge in [0.2, 0.25) is 5.91 Å². The van der Waals surface area contributed by atoms with Crippen LogP contribution < -0.4 is 5.32 Å². The Hall–Kier alpha value is -1.14. The standard InChI is InChI=1S/C58H115NO5/c1-3-5-7-9-11-13-15-16-17-18-19-22-25-28-32-36-40-44-48-52-58(63)64-53-49-45-41-37-33-29-26-23-20-21-24-27-31-35-39-43-47-51-57(62)59-55(54-60)56(61)50-46-42-38-34-30-14-12-10-8-6-4-2/h55-56,60-61H,3-54H2,1-2H3,(H,59,62). The molecule has 0 saturated heterocycles. The van der Waals surface area contributed by atoms with Crippen LogP contribution in [-0.2, 0) is 14.3 Å². The molecule has 2 unspecified atom stereocenters. The van der Waals surface area contributed by atoms with Crippen molar-refractivity contribution in [2.75, 3.05) is 13.2 Å². The summed E-state index contributed by atoms with van der Waals surface area (Å²) in [6.07, 6.45) is 62.4. The van der Waals surface area contributed by atoms with Crippen LogP contribution in [0, 0.1) is 0 Å². The van der Waals surface area contributed by atoms with Gasteiger partial charge in [-0.3, -0.25) is 9.59 Å². The van der Waals surface area contributed by atoms with E-state index in [-0.39, 0.29) is 18.5 Å². The van der Waals surface area contributed by atoms with Gasteiger partial charge in [-0.2, -0.15) is 0 Å². The molecular weight excluding hydrogens is 791 g/mol. The van der Waals surface area contributed by atoms with Gasteiger partial charge >= 0.3 is 5.97 Å². The van der Waals surface area contributed by atoms with Crippen molar-refractivity contribution < 1.29 is 24.5 Å².